The molecular formula is C17H26N2O2. The van der Waals surface area contributed by atoms with Gasteiger partial charge in [0.25, 0.3) is 5.91 Å². The smallest absolute Gasteiger partial charge is 0.253 e. The van der Waals surface area contributed by atoms with Crippen LogP contribution in [-0.4, -0.2) is 29.8 Å². The number of rotatable bonds is 7. The van der Waals surface area contributed by atoms with Crippen molar-refractivity contribution in [2.24, 2.45) is 5.92 Å². The summed E-state index contributed by atoms with van der Waals surface area (Å²) in [5, 5.41) is 2.90. The minimum absolute atomic E-state index is 0.0258. The quantitative estimate of drug-likeness (QED) is 0.835. The zero-order valence-corrected chi connectivity index (χ0v) is 13.5. The normalized spacial score (nSPS) is 10.5. The molecule has 0 heterocycles. The predicted molar refractivity (Wildman–Crippen MR) is 86.4 cm³/mol. The lowest BCUT2D eigenvalue weighted by Crippen LogP contribution is -2.30. The van der Waals surface area contributed by atoms with Crippen LogP contribution in [0.1, 0.15) is 50.9 Å². The minimum Gasteiger partial charge on any atom is -0.339 e. The lowest BCUT2D eigenvalue weighted by molar-refractivity contribution is -0.120. The Morgan fingerprint density at radius 1 is 1.00 bits per heavy atom. The first-order chi connectivity index (χ1) is 10.1. The average molecular weight is 290 g/mol. The maximum absolute atomic E-state index is 12.2. The fourth-order valence-electron chi connectivity index (χ4n) is 2.29. The number of anilines is 1. The monoisotopic (exact) mass is 290 g/mol. The standard InChI is InChI=1S/C17H26N2O2/c1-5-13(6-2)16(20)18-15-11-9-14(10-12-15)17(21)19(7-3)8-4/h9-13H,5-8H2,1-4H3,(H,18,20). The Morgan fingerprint density at radius 2 is 1.52 bits per heavy atom. The van der Waals surface area contributed by atoms with Gasteiger partial charge in [0.05, 0.1) is 0 Å². The molecule has 0 saturated carbocycles. The van der Waals surface area contributed by atoms with Crippen molar-refractivity contribution in [2.45, 2.75) is 40.5 Å². The zero-order chi connectivity index (χ0) is 15.8. The van der Waals surface area contributed by atoms with Crippen molar-refractivity contribution in [3.8, 4) is 0 Å². The largest absolute Gasteiger partial charge is 0.339 e. The molecule has 0 spiro atoms. The van der Waals surface area contributed by atoms with Crippen LogP contribution in [0.2, 0.25) is 0 Å². The van der Waals surface area contributed by atoms with Crippen LogP contribution in [0.3, 0.4) is 0 Å². The number of carbonyl (C=O) groups excluding carboxylic acids is 2. The molecule has 1 aromatic carbocycles. The summed E-state index contributed by atoms with van der Waals surface area (Å²) in [5.41, 5.74) is 1.39. The fraction of sp³-hybridized carbons (Fsp3) is 0.529. The average Bonchev–Trinajstić information content (AvgIpc) is 2.50. The van der Waals surface area contributed by atoms with Gasteiger partial charge in [0.2, 0.25) is 5.91 Å². The van der Waals surface area contributed by atoms with E-state index in [1.54, 1.807) is 29.2 Å². The van der Waals surface area contributed by atoms with E-state index in [2.05, 4.69) is 5.32 Å². The number of hydrogen-bond acceptors (Lipinski definition) is 2. The van der Waals surface area contributed by atoms with E-state index < -0.39 is 0 Å². The highest BCUT2D eigenvalue weighted by atomic mass is 16.2. The molecule has 4 heteroatoms. The van der Waals surface area contributed by atoms with E-state index >= 15 is 0 Å². The molecule has 0 aliphatic rings. The Kier molecular flexibility index (Phi) is 6.92. The van der Waals surface area contributed by atoms with Crippen molar-refractivity contribution >= 4 is 17.5 Å². The van der Waals surface area contributed by atoms with Gasteiger partial charge < -0.3 is 10.2 Å². The topological polar surface area (TPSA) is 49.4 Å². The van der Waals surface area contributed by atoms with Gasteiger partial charge in [-0.05, 0) is 51.0 Å². The van der Waals surface area contributed by atoms with Crippen LogP contribution in [0.25, 0.3) is 0 Å². The van der Waals surface area contributed by atoms with E-state index in [1.165, 1.54) is 0 Å². The van der Waals surface area contributed by atoms with Crippen molar-refractivity contribution < 1.29 is 9.59 Å². The van der Waals surface area contributed by atoms with E-state index in [9.17, 15) is 9.59 Å². The highest BCUT2D eigenvalue weighted by Crippen LogP contribution is 2.15. The highest BCUT2D eigenvalue weighted by Gasteiger charge is 2.15. The van der Waals surface area contributed by atoms with Gasteiger partial charge in [-0.25, -0.2) is 0 Å². The zero-order valence-electron chi connectivity index (χ0n) is 13.5. The van der Waals surface area contributed by atoms with Crippen molar-refractivity contribution in [3.05, 3.63) is 29.8 Å². The minimum atomic E-state index is 0.0258. The Hall–Kier alpha value is -1.84. The summed E-state index contributed by atoms with van der Waals surface area (Å²) in [6.45, 7) is 9.35. The van der Waals surface area contributed by atoms with Crippen LogP contribution >= 0.6 is 0 Å². The lowest BCUT2D eigenvalue weighted by atomic mass is 10.0. The summed E-state index contributed by atoms with van der Waals surface area (Å²) in [5.74, 6) is 0.114. The molecular weight excluding hydrogens is 264 g/mol. The van der Waals surface area contributed by atoms with Crippen molar-refractivity contribution in [1.82, 2.24) is 4.90 Å². The number of nitrogens with one attached hydrogen (secondary N) is 1. The van der Waals surface area contributed by atoms with E-state index in [0.717, 1.165) is 18.5 Å². The predicted octanol–water partition coefficient (Wildman–Crippen LogP) is 3.54. The van der Waals surface area contributed by atoms with Gasteiger partial charge in [0.15, 0.2) is 0 Å². The second-order valence-corrected chi connectivity index (χ2v) is 5.06. The van der Waals surface area contributed by atoms with Crippen molar-refractivity contribution in [2.75, 3.05) is 18.4 Å². The van der Waals surface area contributed by atoms with Crippen LogP contribution in [-0.2, 0) is 4.79 Å². The number of hydrogen-bond donors (Lipinski definition) is 1. The van der Waals surface area contributed by atoms with E-state index in [-0.39, 0.29) is 17.7 Å². The third-order valence-corrected chi connectivity index (χ3v) is 3.81. The van der Waals surface area contributed by atoms with Crippen LogP contribution < -0.4 is 5.32 Å². The summed E-state index contributed by atoms with van der Waals surface area (Å²) in [6, 6.07) is 7.11. The van der Waals surface area contributed by atoms with Gasteiger partial charge in [0.1, 0.15) is 0 Å². The summed E-state index contributed by atoms with van der Waals surface area (Å²) in [7, 11) is 0. The third kappa shape index (κ3) is 4.59. The van der Waals surface area contributed by atoms with Crippen LogP contribution in [0.4, 0.5) is 5.69 Å². The van der Waals surface area contributed by atoms with Gasteiger partial charge in [-0.1, -0.05) is 13.8 Å². The Bertz CT molecular complexity index is 460. The number of amides is 2. The second-order valence-electron chi connectivity index (χ2n) is 5.06. The van der Waals surface area contributed by atoms with Crippen LogP contribution in [0.5, 0.6) is 0 Å². The molecule has 1 rings (SSSR count). The lowest BCUT2D eigenvalue weighted by Gasteiger charge is -2.19. The molecule has 0 saturated heterocycles. The SMILES string of the molecule is CCC(CC)C(=O)Nc1ccc(C(=O)N(CC)CC)cc1. The van der Waals surface area contributed by atoms with E-state index in [4.69, 9.17) is 0 Å². The summed E-state index contributed by atoms with van der Waals surface area (Å²) in [6.07, 6.45) is 1.67. The van der Waals surface area contributed by atoms with Gasteiger partial charge in [0, 0.05) is 30.3 Å². The maximum Gasteiger partial charge on any atom is 0.253 e. The van der Waals surface area contributed by atoms with Gasteiger partial charge in [-0.15, -0.1) is 0 Å². The van der Waals surface area contributed by atoms with E-state index in [0.29, 0.717) is 18.7 Å². The molecule has 4 nitrogen and oxygen atoms in total. The molecule has 0 atom stereocenters. The first-order valence-corrected chi connectivity index (χ1v) is 7.77. The molecule has 21 heavy (non-hydrogen) atoms. The van der Waals surface area contributed by atoms with Crippen molar-refractivity contribution in [1.29, 1.82) is 0 Å². The third-order valence-electron chi connectivity index (χ3n) is 3.81. The Labute approximate surface area is 127 Å². The first-order valence-electron chi connectivity index (χ1n) is 7.77. The second kappa shape index (κ2) is 8.45. The van der Waals surface area contributed by atoms with Crippen LogP contribution in [0, 0.1) is 5.92 Å². The molecule has 1 aromatic rings. The molecule has 0 aliphatic heterocycles. The molecule has 2 amide bonds. The van der Waals surface area contributed by atoms with Gasteiger partial charge in [-0.2, -0.15) is 0 Å². The maximum atomic E-state index is 12.2. The summed E-state index contributed by atoms with van der Waals surface area (Å²) < 4.78 is 0. The highest BCUT2D eigenvalue weighted by molar-refractivity contribution is 5.96. The molecule has 116 valence electrons. The molecule has 0 aliphatic carbocycles. The fourth-order valence-corrected chi connectivity index (χ4v) is 2.29. The molecule has 0 unspecified atom stereocenters. The summed E-state index contributed by atoms with van der Waals surface area (Å²) in [4.78, 5) is 26.0. The Balaban J connectivity index is 2.74. The van der Waals surface area contributed by atoms with E-state index in [1.807, 2.05) is 27.7 Å². The van der Waals surface area contributed by atoms with Crippen LogP contribution in [0.15, 0.2) is 24.3 Å². The summed E-state index contributed by atoms with van der Waals surface area (Å²) >= 11 is 0. The van der Waals surface area contributed by atoms with Gasteiger partial charge >= 0.3 is 0 Å². The molecule has 1 N–H and O–H groups in total. The molecule has 0 bridgehead atoms. The molecule has 0 fully saturated rings. The Morgan fingerprint density at radius 3 is 1.95 bits per heavy atom. The van der Waals surface area contributed by atoms with Gasteiger partial charge in [-0.3, -0.25) is 9.59 Å². The number of nitrogens with zero attached hydrogens (tertiary/aromatic N) is 1. The number of carbonyl (C=O) groups is 2. The molecule has 0 aromatic heterocycles. The van der Waals surface area contributed by atoms with Crippen molar-refractivity contribution in [3.63, 3.8) is 0 Å². The molecule has 0 radical (unpaired) electrons. The number of benzene rings is 1. The first kappa shape index (κ1) is 17.2.